The van der Waals surface area contributed by atoms with Crippen molar-refractivity contribution in [1.29, 1.82) is 0 Å². The molecule has 8 nitrogen and oxygen atoms in total. The molecule has 3 aromatic heterocycles. The summed E-state index contributed by atoms with van der Waals surface area (Å²) in [6.07, 6.45) is 1.70. The maximum Gasteiger partial charge on any atom is 0.274 e. The molecule has 0 saturated carbocycles. The van der Waals surface area contributed by atoms with Gasteiger partial charge in [-0.1, -0.05) is 12.1 Å². The zero-order chi connectivity index (χ0) is 17.4. The molecule has 0 fully saturated rings. The lowest BCUT2D eigenvalue weighted by Crippen LogP contribution is -2.27. The first-order chi connectivity index (χ1) is 12.2. The second kappa shape index (κ2) is 5.90. The number of nitrogen functional groups attached to an aromatic ring is 1. The average Bonchev–Trinajstić information content (AvgIpc) is 3.21. The van der Waals surface area contributed by atoms with E-state index in [9.17, 15) is 4.79 Å². The monoisotopic (exact) mass is 335 g/mol. The predicted octanol–water partition coefficient (Wildman–Crippen LogP) is 1.84. The SMILES string of the molecule is CCn1c(CNC(=O)c2nc3cc[nH]c3nc2N)nc2ccccc21. The van der Waals surface area contributed by atoms with Gasteiger partial charge in [-0.15, -0.1) is 0 Å². The fraction of sp³-hybridized carbons (Fsp3) is 0.176. The van der Waals surface area contributed by atoms with E-state index in [4.69, 9.17) is 5.73 Å². The largest absolute Gasteiger partial charge is 0.382 e. The Morgan fingerprint density at radius 3 is 2.88 bits per heavy atom. The van der Waals surface area contributed by atoms with Crippen LogP contribution in [0.4, 0.5) is 5.82 Å². The van der Waals surface area contributed by atoms with Crippen LogP contribution in [0.25, 0.3) is 22.2 Å². The van der Waals surface area contributed by atoms with Gasteiger partial charge in [0.2, 0.25) is 0 Å². The molecule has 0 aliphatic carbocycles. The number of imidazole rings is 1. The Kier molecular flexibility index (Phi) is 3.57. The number of benzene rings is 1. The van der Waals surface area contributed by atoms with Gasteiger partial charge in [-0.05, 0) is 25.1 Å². The standard InChI is InChI=1S/C17H17N7O/c1-2-24-12-6-4-3-5-10(12)21-13(24)9-20-17(25)14-15(18)23-16-11(22-14)7-8-19-16/h3-8H,2,9H2,1H3,(H,20,25)(H3,18,19,23). The second-order valence-corrected chi connectivity index (χ2v) is 5.61. The van der Waals surface area contributed by atoms with Crippen LogP contribution < -0.4 is 11.1 Å². The van der Waals surface area contributed by atoms with Crippen LogP contribution in [0.3, 0.4) is 0 Å². The molecule has 8 heteroatoms. The Balaban J connectivity index is 1.60. The smallest absolute Gasteiger partial charge is 0.274 e. The van der Waals surface area contributed by atoms with Crippen LogP contribution in [0.1, 0.15) is 23.2 Å². The van der Waals surface area contributed by atoms with Gasteiger partial charge in [0, 0.05) is 12.7 Å². The van der Waals surface area contributed by atoms with Crippen molar-refractivity contribution in [2.45, 2.75) is 20.0 Å². The number of carbonyl (C=O) groups excluding carboxylic acids is 1. The zero-order valence-corrected chi connectivity index (χ0v) is 13.7. The highest BCUT2D eigenvalue weighted by atomic mass is 16.1. The molecule has 126 valence electrons. The number of rotatable bonds is 4. The Bertz CT molecular complexity index is 1080. The van der Waals surface area contributed by atoms with Crippen molar-refractivity contribution in [2.24, 2.45) is 0 Å². The molecule has 3 heterocycles. The van der Waals surface area contributed by atoms with Crippen LogP contribution in [0.2, 0.25) is 0 Å². The highest BCUT2D eigenvalue weighted by Gasteiger charge is 2.16. The van der Waals surface area contributed by atoms with Crippen molar-refractivity contribution in [1.82, 2.24) is 29.8 Å². The second-order valence-electron chi connectivity index (χ2n) is 5.61. The summed E-state index contributed by atoms with van der Waals surface area (Å²) >= 11 is 0. The maximum atomic E-state index is 12.5. The van der Waals surface area contributed by atoms with E-state index in [-0.39, 0.29) is 24.0 Å². The van der Waals surface area contributed by atoms with Crippen LogP contribution in [0.15, 0.2) is 36.5 Å². The molecule has 0 saturated heterocycles. The van der Waals surface area contributed by atoms with Gasteiger partial charge >= 0.3 is 0 Å². The van der Waals surface area contributed by atoms with Crippen LogP contribution >= 0.6 is 0 Å². The van der Waals surface area contributed by atoms with E-state index in [2.05, 4.69) is 29.8 Å². The normalized spacial score (nSPS) is 11.2. The molecule has 0 spiro atoms. The van der Waals surface area contributed by atoms with E-state index >= 15 is 0 Å². The summed E-state index contributed by atoms with van der Waals surface area (Å²) in [5.41, 5.74) is 9.08. The number of H-pyrrole nitrogens is 1. The zero-order valence-electron chi connectivity index (χ0n) is 13.7. The molecular formula is C17H17N7O. The highest BCUT2D eigenvalue weighted by molar-refractivity contribution is 5.98. The first kappa shape index (κ1) is 15.1. The Morgan fingerprint density at radius 2 is 2.04 bits per heavy atom. The molecule has 1 aromatic carbocycles. The summed E-state index contributed by atoms with van der Waals surface area (Å²) in [5.74, 6) is 0.505. The van der Waals surface area contributed by atoms with Crippen LogP contribution in [-0.2, 0) is 13.1 Å². The number of hydrogen-bond donors (Lipinski definition) is 3. The number of aryl methyl sites for hydroxylation is 1. The van der Waals surface area contributed by atoms with E-state index in [1.807, 2.05) is 31.2 Å². The molecule has 0 aliphatic rings. The fourth-order valence-electron chi connectivity index (χ4n) is 2.91. The molecule has 0 bridgehead atoms. The first-order valence-electron chi connectivity index (χ1n) is 8.00. The van der Waals surface area contributed by atoms with Gasteiger partial charge in [0.1, 0.15) is 11.3 Å². The molecule has 0 atom stereocenters. The van der Waals surface area contributed by atoms with Crippen molar-refractivity contribution in [3.63, 3.8) is 0 Å². The van der Waals surface area contributed by atoms with Crippen molar-refractivity contribution >= 4 is 33.9 Å². The fourth-order valence-corrected chi connectivity index (χ4v) is 2.91. The highest BCUT2D eigenvalue weighted by Crippen LogP contribution is 2.16. The molecule has 25 heavy (non-hydrogen) atoms. The van der Waals surface area contributed by atoms with Gasteiger partial charge in [0.15, 0.2) is 17.2 Å². The number of nitrogens with zero attached hydrogens (tertiary/aromatic N) is 4. The molecule has 0 aliphatic heterocycles. The molecular weight excluding hydrogens is 318 g/mol. The summed E-state index contributed by atoms with van der Waals surface area (Å²) in [7, 11) is 0. The predicted molar refractivity (Wildman–Crippen MR) is 94.9 cm³/mol. The summed E-state index contributed by atoms with van der Waals surface area (Å²) < 4.78 is 2.07. The lowest BCUT2D eigenvalue weighted by molar-refractivity contribution is 0.0945. The van der Waals surface area contributed by atoms with E-state index in [1.54, 1.807) is 12.3 Å². The maximum absolute atomic E-state index is 12.5. The molecule has 4 rings (SSSR count). The number of anilines is 1. The topological polar surface area (TPSA) is 115 Å². The number of carbonyl (C=O) groups is 1. The third-order valence-electron chi connectivity index (χ3n) is 4.08. The van der Waals surface area contributed by atoms with Gasteiger partial charge in [0.05, 0.1) is 17.6 Å². The third kappa shape index (κ3) is 2.57. The number of hydrogen-bond acceptors (Lipinski definition) is 5. The first-order valence-corrected chi connectivity index (χ1v) is 8.00. The summed E-state index contributed by atoms with van der Waals surface area (Å²) in [4.78, 5) is 28.4. The number of fused-ring (bicyclic) bond motifs is 2. The Labute approximate surface area is 143 Å². The third-order valence-corrected chi connectivity index (χ3v) is 4.08. The number of aromatic amines is 1. The minimum Gasteiger partial charge on any atom is -0.382 e. The minimum absolute atomic E-state index is 0.0939. The van der Waals surface area contributed by atoms with Crippen LogP contribution in [0.5, 0.6) is 0 Å². The molecule has 0 radical (unpaired) electrons. The van der Waals surface area contributed by atoms with Crippen molar-refractivity contribution in [2.75, 3.05) is 5.73 Å². The van der Waals surface area contributed by atoms with Crippen molar-refractivity contribution in [3.05, 3.63) is 48.0 Å². The lowest BCUT2D eigenvalue weighted by atomic mass is 10.3. The average molecular weight is 335 g/mol. The number of nitrogens with two attached hydrogens (primary N) is 1. The number of amides is 1. The summed E-state index contributed by atoms with van der Waals surface area (Å²) in [5, 5.41) is 2.83. The van der Waals surface area contributed by atoms with E-state index in [0.29, 0.717) is 11.2 Å². The van der Waals surface area contributed by atoms with Gasteiger partial charge in [0.25, 0.3) is 5.91 Å². The minimum atomic E-state index is -0.372. The Hall–Kier alpha value is -3.42. The van der Waals surface area contributed by atoms with Gasteiger partial charge in [-0.3, -0.25) is 4.79 Å². The number of aromatic nitrogens is 5. The molecule has 4 N–H and O–H groups in total. The number of nitrogens with one attached hydrogen (secondary N) is 2. The number of para-hydroxylation sites is 2. The molecule has 0 unspecified atom stereocenters. The Morgan fingerprint density at radius 1 is 1.20 bits per heavy atom. The van der Waals surface area contributed by atoms with Crippen LogP contribution in [0, 0.1) is 0 Å². The molecule has 4 aromatic rings. The van der Waals surface area contributed by atoms with Crippen molar-refractivity contribution < 1.29 is 4.79 Å². The lowest BCUT2D eigenvalue weighted by Gasteiger charge is -2.08. The van der Waals surface area contributed by atoms with Crippen LogP contribution in [-0.4, -0.2) is 30.4 Å². The van der Waals surface area contributed by atoms with Gasteiger partial charge in [-0.25, -0.2) is 15.0 Å². The quantitative estimate of drug-likeness (QED) is 0.526. The van der Waals surface area contributed by atoms with E-state index < -0.39 is 0 Å². The van der Waals surface area contributed by atoms with E-state index in [1.165, 1.54) is 0 Å². The molecule has 1 amide bonds. The van der Waals surface area contributed by atoms with E-state index in [0.717, 1.165) is 23.4 Å². The van der Waals surface area contributed by atoms with Crippen molar-refractivity contribution in [3.8, 4) is 0 Å². The van der Waals surface area contributed by atoms with Gasteiger partial charge in [-0.2, -0.15) is 0 Å². The summed E-state index contributed by atoms with van der Waals surface area (Å²) in [6, 6.07) is 9.63. The summed E-state index contributed by atoms with van der Waals surface area (Å²) in [6.45, 7) is 3.10. The van der Waals surface area contributed by atoms with Gasteiger partial charge < -0.3 is 20.6 Å².